The van der Waals surface area contributed by atoms with Gasteiger partial charge in [0, 0.05) is 6.54 Å². The lowest BCUT2D eigenvalue weighted by molar-refractivity contribution is 0.0467. The van der Waals surface area contributed by atoms with Gasteiger partial charge in [0.1, 0.15) is 5.60 Å². The Morgan fingerprint density at radius 3 is 2.00 bits per heavy atom. The van der Waals surface area contributed by atoms with Crippen molar-refractivity contribution in [2.75, 3.05) is 6.54 Å². The Hall–Kier alpha value is -3.15. The van der Waals surface area contributed by atoms with E-state index in [1.807, 2.05) is 30.3 Å². The van der Waals surface area contributed by atoms with Gasteiger partial charge in [-0.15, -0.1) is 0 Å². The third-order valence-electron chi connectivity index (χ3n) is 4.16. The number of carbonyl (C=O) groups excluding carboxylic acids is 3. The average molecular weight is 366 g/mol. The predicted octanol–water partition coefficient (Wildman–Crippen LogP) is 3.55. The number of alkyl carbamates (subject to hydrolysis) is 1. The molecule has 140 valence electrons. The van der Waals surface area contributed by atoms with Crippen LogP contribution in [0.25, 0.3) is 0 Å². The maximum Gasteiger partial charge on any atom is 0.407 e. The highest BCUT2D eigenvalue weighted by Gasteiger charge is 2.40. The quantitative estimate of drug-likeness (QED) is 0.840. The fourth-order valence-electron chi connectivity index (χ4n) is 3.02. The molecule has 0 radical (unpaired) electrons. The van der Waals surface area contributed by atoms with Crippen LogP contribution in [-0.4, -0.2) is 35.0 Å². The number of hydrogen-bond acceptors (Lipinski definition) is 4. The summed E-state index contributed by atoms with van der Waals surface area (Å²) in [5.74, 6) is -0.731. The van der Waals surface area contributed by atoms with Crippen LogP contribution in [0.2, 0.25) is 0 Å². The monoisotopic (exact) mass is 366 g/mol. The zero-order valence-electron chi connectivity index (χ0n) is 15.6. The van der Waals surface area contributed by atoms with Crippen LogP contribution in [0.5, 0.6) is 0 Å². The highest BCUT2D eigenvalue weighted by molar-refractivity contribution is 6.21. The minimum absolute atomic E-state index is 0.0599. The van der Waals surface area contributed by atoms with Gasteiger partial charge in [0.05, 0.1) is 17.2 Å². The van der Waals surface area contributed by atoms with Crippen molar-refractivity contribution in [3.8, 4) is 0 Å². The van der Waals surface area contributed by atoms with E-state index in [4.69, 9.17) is 4.74 Å². The lowest BCUT2D eigenvalue weighted by Crippen LogP contribution is -2.42. The van der Waals surface area contributed by atoms with Gasteiger partial charge >= 0.3 is 6.09 Å². The minimum Gasteiger partial charge on any atom is -0.444 e. The second-order valence-electron chi connectivity index (χ2n) is 7.34. The summed E-state index contributed by atoms with van der Waals surface area (Å²) in [7, 11) is 0. The molecule has 6 nitrogen and oxygen atoms in total. The Kier molecular flexibility index (Phi) is 4.99. The standard InChI is InChI=1S/C21H22N2O4/c1-21(2,3)27-20(26)22-13-17(14-9-5-4-6-10-14)23-18(24)15-11-7-8-12-16(15)19(23)25/h4-12,17H,13H2,1-3H3,(H,22,26). The van der Waals surface area contributed by atoms with E-state index < -0.39 is 17.7 Å². The van der Waals surface area contributed by atoms with Gasteiger partial charge in [0.25, 0.3) is 11.8 Å². The van der Waals surface area contributed by atoms with Crippen LogP contribution in [0.4, 0.5) is 4.79 Å². The molecule has 0 aromatic heterocycles. The summed E-state index contributed by atoms with van der Waals surface area (Å²) in [4.78, 5) is 39.0. The molecule has 0 bridgehead atoms. The topological polar surface area (TPSA) is 75.7 Å². The van der Waals surface area contributed by atoms with Crippen LogP contribution in [0.15, 0.2) is 54.6 Å². The first-order valence-electron chi connectivity index (χ1n) is 8.76. The van der Waals surface area contributed by atoms with Crippen molar-refractivity contribution < 1.29 is 19.1 Å². The smallest absolute Gasteiger partial charge is 0.407 e. The lowest BCUT2D eigenvalue weighted by Gasteiger charge is -2.27. The summed E-state index contributed by atoms with van der Waals surface area (Å²) in [6.07, 6.45) is -0.597. The first kappa shape index (κ1) is 18.6. The number of amides is 3. The van der Waals surface area contributed by atoms with Gasteiger partial charge in [0.15, 0.2) is 0 Å². The molecule has 1 N–H and O–H groups in total. The minimum atomic E-state index is -0.637. The molecule has 1 aliphatic heterocycles. The lowest BCUT2D eigenvalue weighted by atomic mass is 10.1. The van der Waals surface area contributed by atoms with E-state index in [0.717, 1.165) is 5.56 Å². The zero-order valence-corrected chi connectivity index (χ0v) is 15.6. The van der Waals surface area contributed by atoms with Crippen LogP contribution in [0.3, 0.4) is 0 Å². The van der Waals surface area contributed by atoms with Crippen LogP contribution in [0.1, 0.15) is 53.1 Å². The first-order chi connectivity index (χ1) is 12.8. The molecule has 0 saturated heterocycles. The maximum absolute atomic E-state index is 12.9. The van der Waals surface area contributed by atoms with Gasteiger partial charge in [-0.2, -0.15) is 0 Å². The van der Waals surface area contributed by atoms with Gasteiger partial charge in [-0.1, -0.05) is 42.5 Å². The highest BCUT2D eigenvalue weighted by atomic mass is 16.6. The number of ether oxygens (including phenoxy) is 1. The molecule has 2 aromatic rings. The Balaban J connectivity index is 1.87. The third kappa shape index (κ3) is 4.00. The van der Waals surface area contributed by atoms with Crippen LogP contribution in [0, 0.1) is 0 Å². The van der Waals surface area contributed by atoms with Gasteiger partial charge in [-0.25, -0.2) is 4.79 Å². The van der Waals surface area contributed by atoms with Gasteiger partial charge in [-0.3, -0.25) is 14.5 Å². The van der Waals surface area contributed by atoms with Gasteiger partial charge in [0.2, 0.25) is 0 Å². The van der Waals surface area contributed by atoms with E-state index >= 15 is 0 Å². The van der Waals surface area contributed by atoms with Gasteiger partial charge in [-0.05, 0) is 38.5 Å². The summed E-state index contributed by atoms with van der Waals surface area (Å²) in [6.45, 7) is 5.37. The molecule has 3 rings (SSSR count). The average Bonchev–Trinajstić information content (AvgIpc) is 2.87. The van der Waals surface area contributed by atoms with E-state index in [1.54, 1.807) is 45.0 Å². The number of carbonyl (C=O) groups is 3. The molecule has 1 heterocycles. The number of nitrogens with one attached hydrogen (secondary N) is 1. The highest BCUT2D eigenvalue weighted by Crippen LogP contribution is 2.31. The number of nitrogens with zero attached hydrogens (tertiary/aromatic N) is 1. The molecule has 0 aliphatic carbocycles. The Labute approximate surface area is 158 Å². The number of hydrogen-bond donors (Lipinski definition) is 1. The molecule has 2 aromatic carbocycles. The molecular formula is C21H22N2O4. The second kappa shape index (κ2) is 7.23. The second-order valence-corrected chi connectivity index (χ2v) is 7.34. The fraction of sp³-hybridized carbons (Fsp3) is 0.286. The number of benzene rings is 2. The van der Waals surface area contributed by atoms with E-state index in [0.29, 0.717) is 11.1 Å². The van der Waals surface area contributed by atoms with Crippen molar-refractivity contribution in [3.05, 3.63) is 71.3 Å². The Bertz CT molecular complexity index is 836. The molecule has 6 heteroatoms. The number of rotatable bonds is 4. The van der Waals surface area contributed by atoms with Crippen LogP contribution >= 0.6 is 0 Å². The fourth-order valence-corrected chi connectivity index (χ4v) is 3.02. The summed E-state index contributed by atoms with van der Waals surface area (Å²) in [6, 6.07) is 15.2. The van der Waals surface area contributed by atoms with Gasteiger partial charge < -0.3 is 10.1 Å². The van der Waals surface area contributed by atoms with E-state index in [2.05, 4.69) is 5.32 Å². The molecule has 0 saturated carbocycles. The number of imide groups is 1. The molecule has 1 aliphatic rings. The maximum atomic E-state index is 12.9. The summed E-state index contributed by atoms with van der Waals surface area (Å²) >= 11 is 0. The molecular weight excluding hydrogens is 344 g/mol. The molecule has 0 spiro atoms. The van der Waals surface area contributed by atoms with Crippen molar-refractivity contribution in [2.45, 2.75) is 32.4 Å². The molecule has 1 unspecified atom stereocenters. The molecule has 1 atom stereocenters. The zero-order chi connectivity index (χ0) is 19.6. The van der Waals surface area contributed by atoms with Crippen molar-refractivity contribution in [1.29, 1.82) is 0 Å². The molecule has 27 heavy (non-hydrogen) atoms. The third-order valence-corrected chi connectivity index (χ3v) is 4.16. The van der Waals surface area contributed by atoms with Crippen LogP contribution in [-0.2, 0) is 4.74 Å². The SMILES string of the molecule is CC(C)(C)OC(=O)NCC(c1ccccc1)N1C(=O)c2ccccc2C1=O. The number of fused-ring (bicyclic) bond motifs is 1. The van der Waals surface area contributed by atoms with Crippen molar-refractivity contribution >= 4 is 17.9 Å². The summed E-state index contributed by atoms with van der Waals surface area (Å²) in [5.41, 5.74) is 0.867. The normalized spacial score (nSPS) is 14.7. The first-order valence-corrected chi connectivity index (χ1v) is 8.76. The molecule has 3 amide bonds. The van der Waals surface area contributed by atoms with Crippen molar-refractivity contribution in [1.82, 2.24) is 10.2 Å². The largest absolute Gasteiger partial charge is 0.444 e. The van der Waals surface area contributed by atoms with E-state index in [1.165, 1.54) is 4.90 Å². The Morgan fingerprint density at radius 1 is 0.963 bits per heavy atom. The van der Waals surface area contributed by atoms with Crippen molar-refractivity contribution in [3.63, 3.8) is 0 Å². The Morgan fingerprint density at radius 2 is 1.48 bits per heavy atom. The van der Waals surface area contributed by atoms with E-state index in [9.17, 15) is 14.4 Å². The van der Waals surface area contributed by atoms with Crippen LogP contribution < -0.4 is 5.32 Å². The predicted molar refractivity (Wildman–Crippen MR) is 100 cm³/mol. The summed E-state index contributed by atoms with van der Waals surface area (Å²) < 4.78 is 5.26. The van der Waals surface area contributed by atoms with E-state index in [-0.39, 0.29) is 18.4 Å². The molecule has 0 fully saturated rings. The summed E-state index contributed by atoms with van der Waals surface area (Å²) in [5, 5.41) is 2.68. The van der Waals surface area contributed by atoms with Crippen molar-refractivity contribution in [2.24, 2.45) is 0 Å².